The Hall–Kier alpha value is -2.77. The molecule has 0 spiro atoms. The molecule has 32 heavy (non-hydrogen) atoms. The number of carbonyl (C=O) groups is 5. The molecule has 0 fully saturated rings. The molecule has 0 aliphatic rings. The minimum absolute atomic E-state index is 0.0430. The molecule has 13 heteroatoms. The number of aliphatic hydroxyl groups is 1. The highest BCUT2D eigenvalue weighted by atomic mass is 16.4. The second-order valence-corrected chi connectivity index (χ2v) is 7.77. The van der Waals surface area contributed by atoms with Gasteiger partial charge in [0.1, 0.15) is 18.1 Å². The third-order valence-corrected chi connectivity index (χ3v) is 4.66. The number of rotatable bonds is 16. The van der Waals surface area contributed by atoms with Gasteiger partial charge in [-0.05, 0) is 38.1 Å². The molecular weight excluding hydrogens is 424 g/mol. The molecule has 0 saturated heterocycles. The Morgan fingerprint density at radius 3 is 1.94 bits per heavy atom. The first-order chi connectivity index (χ1) is 14.9. The van der Waals surface area contributed by atoms with Crippen molar-refractivity contribution in [1.29, 1.82) is 0 Å². The van der Waals surface area contributed by atoms with Crippen LogP contribution in [0.3, 0.4) is 0 Å². The fraction of sp³-hybridized carbons (Fsp3) is 0.737. The van der Waals surface area contributed by atoms with Crippen molar-refractivity contribution in [2.75, 3.05) is 13.2 Å². The van der Waals surface area contributed by atoms with Crippen molar-refractivity contribution in [3.63, 3.8) is 0 Å². The van der Waals surface area contributed by atoms with Gasteiger partial charge in [-0.2, -0.15) is 0 Å². The van der Waals surface area contributed by atoms with Crippen LogP contribution in [-0.2, 0) is 24.0 Å². The van der Waals surface area contributed by atoms with Gasteiger partial charge in [0.05, 0.1) is 12.6 Å². The van der Waals surface area contributed by atoms with Gasteiger partial charge < -0.3 is 43.4 Å². The van der Waals surface area contributed by atoms with Crippen LogP contribution in [0.4, 0.5) is 0 Å². The summed E-state index contributed by atoms with van der Waals surface area (Å²) < 4.78 is 0. The van der Waals surface area contributed by atoms with Gasteiger partial charge in [-0.25, -0.2) is 4.79 Å². The molecule has 0 bridgehead atoms. The number of carbonyl (C=O) groups excluding carboxylic acids is 4. The Morgan fingerprint density at radius 1 is 0.875 bits per heavy atom. The standard InChI is InChI=1S/C19H36N6O7/c1-10(2)15(18(30)23-12(19(31)32)5-3-4-8-20)25-17(29)13(9-26)24-16(28)11(21)6-7-14(22)27/h10-13,15,26H,3-9,20-21H2,1-2H3,(H2,22,27)(H,23,30)(H,24,28)(H,25,29)(H,31,32). The van der Waals surface area contributed by atoms with Crippen LogP contribution >= 0.6 is 0 Å². The van der Waals surface area contributed by atoms with Gasteiger partial charge in [-0.3, -0.25) is 19.2 Å². The van der Waals surface area contributed by atoms with E-state index in [1.54, 1.807) is 13.8 Å². The number of nitrogens with two attached hydrogens (primary N) is 3. The number of carboxylic acids is 1. The number of nitrogens with one attached hydrogen (secondary N) is 3. The zero-order valence-electron chi connectivity index (χ0n) is 18.5. The average molecular weight is 461 g/mol. The molecule has 0 aliphatic carbocycles. The number of hydrogen-bond donors (Lipinski definition) is 8. The minimum Gasteiger partial charge on any atom is -0.480 e. The van der Waals surface area contributed by atoms with Crippen molar-refractivity contribution in [3.8, 4) is 0 Å². The third kappa shape index (κ3) is 11.0. The third-order valence-electron chi connectivity index (χ3n) is 4.66. The van der Waals surface area contributed by atoms with Crippen LogP contribution in [0.5, 0.6) is 0 Å². The SMILES string of the molecule is CC(C)C(NC(=O)C(CO)NC(=O)C(N)CCC(N)=O)C(=O)NC(CCCCN)C(=O)O. The van der Waals surface area contributed by atoms with Crippen molar-refractivity contribution in [1.82, 2.24) is 16.0 Å². The molecule has 4 atom stereocenters. The summed E-state index contributed by atoms with van der Waals surface area (Å²) in [7, 11) is 0. The fourth-order valence-corrected chi connectivity index (χ4v) is 2.70. The predicted molar refractivity (Wildman–Crippen MR) is 115 cm³/mol. The summed E-state index contributed by atoms with van der Waals surface area (Å²) in [5, 5.41) is 25.9. The quantitative estimate of drug-likeness (QED) is 0.109. The maximum absolute atomic E-state index is 12.6. The second-order valence-electron chi connectivity index (χ2n) is 7.77. The van der Waals surface area contributed by atoms with E-state index in [1.165, 1.54) is 0 Å². The van der Waals surface area contributed by atoms with E-state index >= 15 is 0 Å². The van der Waals surface area contributed by atoms with Crippen molar-refractivity contribution < 1.29 is 34.2 Å². The largest absolute Gasteiger partial charge is 0.480 e. The van der Waals surface area contributed by atoms with E-state index < -0.39 is 66.3 Å². The van der Waals surface area contributed by atoms with Gasteiger partial charge in [0.25, 0.3) is 0 Å². The topological polar surface area (TPSA) is 240 Å². The first-order valence-electron chi connectivity index (χ1n) is 10.4. The van der Waals surface area contributed by atoms with Gasteiger partial charge in [0, 0.05) is 6.42 Å². The smallest absolute Gasteiger partial charge is 0.326 e. The van der Waals surface area contributed by atoms with Gasteiger partial charge >= 0.3 is 5.97 Å². The Bertz CT molecular complexity index is 658. The summed E-state index contributed by atoms with van der Waals surface area (Å²) in [6, 6.07) is -4.80. The van der Waals surface area contributed by atoms with E-state index in [0.717, 1.165) is 0 Å². The van der Waals surface area contributed by atoms with Crippen molar-refractivity contribution in [2.45, 2.75) is 70.1 Å². The highest BCUT2D eigenvalue weighted by Gasteiger charge is 2.31. The Labute approximate surface area is 186 Å². The second kappa shape index (κ2) is 15.1. The predicted octanol–water partition coefficient (Wildman–Crippen LogP) is -3.10. The lowest BCUT2D eigenvalue weighted by atomic mass is 10.0. The lowest BCUT2D eigenvalue weighted by Crippen LogP contribution is -2.59. The van der Waals surface area contributed by atoms with E-state index in [0.29, 0.717) is 19.4 Å². The molecule has 0 aromatic rings. The van der Waals surface area contributed by atoms with E-state index in [9.17, 15) is 34.2 Å². The molecule has 184 valence electrons. The summed E-state index contributed by atoms with van der Waals surface area (Å²) in [6.07, 6.45) is 1.11. The van der Waals surface area contributed by atoms with Crippen molar-refractivity contribution in [3.05, 3.63) is 0 Å². The summed E-state index contributed by atoms with van der Waals surface area (Å²) in [6.45, 7) is 2.90. The summed E-state index contributed by atoms with van der Waals surface area (Å²) >= 11 is 0. The number of carboxylic acid groups (broad SMARTS) is 1. The molecule has 13 nitrogen and oxygen atoms in total. The van der Waals surface area contributed by atoms with Crippen LogP contribution < -0.4 is 33.2 Å². The zero-order valence-corrected chi connectivity index (χ0v) is 18.5. The monoisotopic (exact) mass is 460 g/mol. The minimum atomic E-state index is -1.41. The first kappa shape index (κ1) is 29.2. The van der Waals surface area contributed by atoms with Crippen LogP contribution in [0.1, 0.15) is 46.0 Å². The van der Waals surface area contributed by atoms with Crippen molar-refractivity contribution in [2.24, 2.45) is 23.1 Å². The van der Waals surface area contributed by atoms with Crippen LogP contribution in [0.25, 0.3) is 0 Å². The number of unbranched alkanes of at least 4 members (excludes halogenated alkanes) is 1. The van der Waals surface area contributed by atoms with Crippen LogP contribution in [0, 0.1) is 5.92 Å². The molecule has 4 amide bonds. The highest BCUT2D eigenvalue weighted by molar-refractivity contribution is 5.94. The average Bonchev–Trinajstić information content (AvgIpc) is 2.72. The summed E-state index contributed by atoms with van der Waals surface area (Å²) in [4.78, 5) is 59.5. The van der Waals surface area contributed by atoms with Gasteiger partial charge in [0.15, 0.2) is 0 Å². The molecular formula is C19H36N6O7. The molecule has 0 aromatic heterocycles. The Balaban J connectivity index is 5.09. The maximum atomic E-state index is 12.6. The lowest BCUT2D eigenvalue weighted by molar-refractivity contribution is -0.143. The fourth-order valence-electron chi connectivity index (χ4n) is 2.70. The highest BCUT2D eigenvalue weighted by Crippen LogP contribution is 2.06. The van der Waals surface area contributed by atoms with Gasteiger partial charge in [0.2, 0.25) is 23.6 Å². The van der Waals surface area contributed by atoms with Crippen LogP contribution in [0.2, 0.25) is 0 Å². The molecule has 4 unspecified atom stereocenters. The first-order valence-corrected chi connectivity index (χ1v) is 10.4. The molecule has 0 saturated carbocycles. The number of hydrogen-bond acceptors (Lipinski definition) is 8. The number of primary amides is 1. The molecule has 0 heterocycles. The van der Waals surface area contributed by atoms with E-state index in [1.807, 2.05) is 0 Å². The molecule has 0 radical (unpaired) electrons. The Morgan fingerprint density at radius 2 is 1.47 bits per heavy atom. The van der Waals surface area contributed by atoms with Gasteiger partial charge in [-0.1, -0.05) is 13.8 Å². The van der Waals surface area contributed by atoms with Crippen molar-refractivity contribution >= 4 is 29.6 Å². The van der Waals surface area contributed by atoms with E-state index in [4.69, 9.17) is 17.2 Å². The normalized spacial score (nSPS) is 14.7. The summed E-state index contributed by atoms with van der Waals surface area (Å²) in [5.41, 5.74) is 16.0. The summed E-state index contributed by atoms with van der Waals surface area (Å²) in [5.74, 6) is -4.63. The number of aliphatic carboxylic acids is 1. The Kier molecular flexibility index (Phi) is 13.8. The molecule has 0 aliphatic heterocycles. The number of aliphatic hydroxyl groups excluding tert-OH is 1. The maximum Gasteiger partial charge on any atom is 0.326 e. The molecule has 0 aromatic carbocycles. The molecule has 11 N–H and O–H groups in total. The zero-order chi connectivity index (χ0) is 24.8. The van der Waals surface area contributed by atoms with Gasteiger partial charge in [-0.15, -0.1) is 0 Å². The lowest BCUT2D eigenvalue weighted by Gasteiger charge is -2.26. The number of amides is 4. The van der Waals surface area contributed by atoms with Crippen LogP contribution in [-0.4, -0.2) is 77.1 Å². The van der Waals surface area contributed by atoms with E-state index in [2.05, 4.69) is 16.0 Å². The molecule has 0 rings (SSSR count). The van der Waals surface area contributed by atoms with E-state index in [-0.39, 0.29) is 19.3 Å². The van der Waals surface area contributed by atoms with Crippen LogP contribution in [0.15, 0.2) is 0 Å².